The molecule has 0 aromatic carbocycles. The summed E-state index contributed by atoms with van der Waals surface area (Å²) in [6.07, 6.45) is 6.01. The van der Waals surface area contributed by atoms with Crippen molar-refractivity contribution >= 4 is 39.9 Å². The standard InChI is InChI=1S/C21H20ClN5O2/c1-11-18(22)19(26-25-11)17(28)7-12-6-15-8-16(24-20(15)23-9-12)14-4-5-27(10-14)21(29)13-2-3-13/h4,6,8-9,13H,2-3,5,7,10H2,1H3,(H,23,24)(H,25,26). The van der Waals surface area contributed by atoms with E-state index >= 15 is 0 Å². The number of hydrogen-bond donors (Lipinski definition) is 2. The van der Waals surface area contributed by atoms with Crippen LogP contribution >= 0.6 is 11.6 Å². The summed E-state index contributed by atoms with van der Waals surface area (Å²) in [7, 11) is 0. The van der Waals surface area contributed by atoms with Crippen molar-refractivity contribution < 1.29 is 9.59 Å². The summed E-state index contributed by atoms with van der Waals surface area (Å²) in [5.41, 5.74) is 4.57. The molecule has 1 aliphatic heterocycles. The largest absolute Gasteiger partial charge is 0.339 e. The molecule has 1 saturated carbocycles. The highest BCUT2D eigenvalue weighted by Crippen LogP contribution is 2.33. The molecule has 3 aromatic rings. The highest BCUT2D eigenvalue weighted by atomic mass is 35.5. The molecule has 8 heteroatoms. The molecular weight excluding hydrogens is 390 g/mol. The van der Waals surface area contributed by atoms with Crippen LogP contribution in [0.1, 0.15) is 40.3 Å². The van der Waals surface area contributed by atoms with Gasteiger partial charge in [0.15, 0.2) is 5.78 Å². The lowest BCUT2D eigenvalue weighted by Crippen LogP contribution is -2.30. The Morgan fingerprint density at radius 3 is 2.86 bits per heavy atom. The minimum absolute atomic E-state index is 0.149. The van der Waals surface area contributed by atoms with Crippen molar-refractivity contribution in [1.29, 1.82) is 0 Å². The van der Waals surface area contributed by atoms with Gasteiger partial charge in [0.05, 0.1) is 10.7 Å². The number of H-pyrrole nitrogens is 2. The minimum atomic E-state index is -0.149. The second-order valence-electron chi connectivity index (χ2n) is 7.80. The van der Waals surface area contributed by atoms with Crippen molar-refractivity contribution in [1.82, 2.24) is 25.1 Å². The summed E-state index contributed by atoms with van der Waals surface area (Å²) in [6.45, 7) is 3.07. The number of pyridine rings is 1. The van der Waals surface area contributed by atoms with Crippen LogP contribution in [0.5, 0.6) is 0 Å². The number of Topliss-reactive ketones (excluding diaryl/α,β-unsaturated/α-hetero) is 1. The van der Waals surface area contributed by atoms with E-state index in [1.807, 2.05) is 17.0 Å². The molecule has 29 heavy (non-hydrogen) atoms. The smallest absolute Gasteiger partial charge is 0.226 e. The number of aromatic nitrogens is 4. The number of nitrogens with one attached hydrogen (secondary N) is 2. The fourth-order valence-corrected chi connectivity index (χ4v) is 3.90. The Morgan fingerprint density at radius 1 is 1.31 bits per heavy atom. The number of carbonyl (C=O) groups excluding carboxylic acids is 2. The van der Waals surface area contributed by atoms with Gasteiger partial charge in [-0.3, -0.25) is 14.7 Å². The van der Waals surface area contributed by atoms with E-state index in [1.54, 1.807) is 13.1 Å². The van der Waals surface area contributed by atoms with E-state index in [0.717, 1.165) is 40.7 Å². The van der Waals surface area contributed by atoms with E-state index in [9.17, 15) is 9.59 Å². The maximum absolute atomic E-state index is 12.5. The van der Waals surface area contributed by atoms with Gasteiger partial charge in [0.1, 0.15) is 11.3 Å². The molecule has 0 atom stereocenters. The predicted octanol–water partition coefficient (Wildman–Crippen LogP) is 3.31. The molecule has 0 unspecified atom stereocenters. The predicted molar refractivity (Wildman–Crippen MR) is 110 cm³/mol. The van der Waals surface area contributed by atoms with Gasteiger partial charge in [-0.1, -0.05) is 17.7 Å². The molecular formula is C21H20ClN5O2. The number of nitrogens with zero attached hydrogens (tertiary/aromatic N) is 3. The average molecular weight is 410 g/mol. The Labute approximate surface area is 172 Å². The van der Waals surface area contributed by atoms with Crippen LogP contribution in [0.25, 0.3) is 16.6 Å². The molecule has 148 valence electrons. The van der Waals surface area contributed by atoms with Crippen molar-refractivity contribution in [2.75, 3.05) is 13.1 Å². The number of fused-ring (bicyclic) bond motifs is 1. The van der Waals surface area contributed by atoms with Crippen LogP contribution < -0.4 is 0 Å². The van der Waals surface area contributed by atoms with E-state index in [4.69, 9.17) is 11.6 Å². The van der Waals surface area contributed by atoms with Gasteiger partial charge in [-0.05, 0) is 43.0 Å². The fraction of sp³-hybridized carbons (Fsp3) is 0.333. The third kappa shape index (κ3) is 3.35. The zero-order chi connectivity index (χ0) is 20.1. The number of ketones is 1. The molecule has 2 N–H and O–H groups in total. The first-order valence-corrected chi connectivity index (χ1v) is 10.1. The molecule has 5 rings (SSSR count). The molecule has 0 spiro atoms. The first-order valence-electron chi connectivity index (χ1n) is 9.69. The van der Waals surface area contributed by atoms with Gasteiger partial charge in [0.2, 0.25) is 5.91 Å². The molecule has 3 aromatic heterocycles. The lowest BCUT2D eigenvalue weighted by molar-refractivity contribution is -0.131. The van der Waals surface area contributed by atoms with Gasteiger partial charge in [0.25, 0.3) is 0 Å². The summed E-state index contributed by atoms with van der Waals surface area (Å²) in [6, 6.07) is 3.98. The molecule has 0 radical (unpaired) electrons. The van der Waals surface area contributed by atoms with Crippen molar-refractivity contribution in [2.24, 2.45) is 5.92 Å². The molecule has 4 heterocycles. The van der Waals surface area contributed by atoms with Gasteiger partial charge in [0, 0.05) is 42.7 Å². The highest BCUT2D eigenvalue weighted by molar-refractivity contribution is 6.34. The van der Waals surface area contributed by atoms with Crippen LogP contribution in [-0.4, -0.2) is 49.8 Å². The maximum Gasteiger partial charge on any atom is 0.226 e. The normalized spacial score (nSPS) is 16.5. The number of aromatic amines is 2. The fourth-order valence-electron chi connectivity index (χ4n) is 3.71. The summed E-state index contributed by atoms with van der Waals surface area (Å²) >= 11 is 6.13. The van der Waals surface area contributed by atoms with E-state index in [1.165, 1.54) is 0 Å². The first kappa shape index (κ1) is 18.1. The van der Waals surface area contributed by atoms with Gasteiger partial charge >= 0.3 is 0 Å². The summed E-state index contributed by atoms with van der Waals surface area (Å²) < 4.78 is 0. The third-order valence-corrected chi connectivity index (χ3v) is 5.99. The van der Waals surface area contributed by atoms with E-state index < -0.39 is 0 Å². The Kier molecular flexibility index (Phi) is 4.28. The number of halogens is 1. The van der Waals surface area contributed by atoms with Gasteiger partial charge < -0.3 is 9.88 Å². The van der Waals surface area contributed by atoms with Crippen LogP contribution in [0.4, 0.5) is 0 Å². The Balaban J connectivity index is 1.33. The molecule has 1 amide bonds. The molecule has 7 nitrogen and oxygen atoms in total. The Morgan fingerprint density at radius 2 is 2.14 bits per heavy atom. The van der Waals surface area contributed by atoms with E-state index in [2.05, 4.69) is 26.2 Å². The number of carbonyl (C=O) groups is 2. The monoisotopic (exact) mass is 409 g/mol. The second kappa shape index (κ2) is 6.84. The van der Waals surface area contributed by atoms with Gasteiger partial charge in [-0.15, -0.1) is 0 Å². The Hall–Kier alpha value is -2.93. The van der Waals surface area contributed by atoms with Crippen molar-refractivity contribution in [3.8, 4) is 0 Å². The quantitative estimate of drug-likeness (QED) is 0.632. The first-order chi connectivity index (χ1) is 14.0. The maximum atomic E-state index is 12.5. The molecule has 0 bridgehead atoms. The van der Waals surface area contributed by atoms with Crippen LogP contribution in [0.3, 0.4) is 0 Å². The van der Waals surface area contributed by atoms with Crippen molar-refractivity contribution in [3.63, 3.8) is 0 Å². The summed E-state index contributed by atoms with van der Waals surface area (Å²) in [5, 5.41) is 8.03. The van der Waals surface area contributed by atoms with Crippen LogP contribution in [0.2, 0.25) is 5.02 Å². The van der Waals surface area contributed by atoms with Crippen LogP contribution in [-0.2, 0) is 11.2 Å². The molecule has 1 fully saturated rings. The number of rotatable bonds is 5. The van der Waals surface area contributed by atoms with E-state index in [-0.39, 0.29) is 29.7 Å². The lowest BCUT2D eigenvalue weighted by Gasteiger charge is -2.15. The van der Waals surface area contributed by atoms with Crippen LogP contribution in [0.15, 0.2) is 24.4 Å². The zero-order valence-corrected chi connectivity index (χ0v) is 16.7. The lowest BCUT2D eigenvalue weighted by atomic mass is 10.1. The third-order valence-electron chi connectivity index (χ3n) is 5.53. The summed E-state index contributed by atoms with van der Waals surface area (Å²) in [4.78, 5) is 34.5. The average Bonchev–Trinajstić information content (AvgIpc) is 3.13. The highest BCUT2D eigenvalue weighted by Gasteiger charge is 2.34. The topological polar surface area (TPSA) is 94.7 Å². The second-order valence-corrected chi connectivity index (χ2v) is 8.18. The van der Waals surface area contributed by atoms with Crippen LogP contribution in [0, 0.1) is 12.8 Å². The van der Waals surface area contributed by atoms with Crippen molar-refractivity contribution in [2.45, 2.75) is 26.2 Å². The number of hydrogen-bond acceptors (Lipinski definition) is 4. The van der Waals surface area contributed by atoms with Gasteiger partial charge in [-0.2, -0.15) is 5.10 Å². The van der Waals surface area contributed by atoms with Crippen molar-refractivity contribution in [3.05, 3.63) is 52.1 Å². The zero-order valence-electron chi connectivity index (χ0n) is 16.0. The minimum Gasteiger partial charge on any atom is -0.339 e. The summed E-state index contributed by atoms with van der Waals surface area (Å²) in [5.74, 6) is 0.349. The SMILES string of the molecule is Cc1[nH]nc(C(=O)Cc2cnc3[nH]c(C4=CCN(C(=O)C5CC5)C4)cc3c2)c1Cl. The molecule has 0 saturated heterocycles. The van der Waals surface area contributed by atoms with Gasteiger partial charge in [-0.25, -0.2) is 4.98 Å². The Bertz CT molecular complexity index is 1170. The molecule has 2 aliphatic rings. The number of aryl methyl sites for hydroxylation is 1. The van der Waals surface area contributed by atoms with E-state index in [0.29, 0.717) is 23.8 Å². The number of amides is 1. The molecule has 1 aliphatic carbocycles.